The van der Waals surface area contributed by atoms with Crippen LogP contribution in [0.25, 0.3) is 0 Å². The standard InChI is InChI=1S/C18H23NO4/c1-20-15-5-13(6-16(9-15)21-2)11-19-12-14-7-17(22-3)10-18(8-14)23-4/h5-10,19H,11-12H2,1-4H3. The molecule has 0 spiro atoms. The molecule has 0 saturated heterocycles. The summed E-state index contributed by atoms with van der Waals surface area (Å²) in [5.41, 5.74) is 2.19. The molecule has 2 aromatic carbocycles. The highest BCUT2D eigenvalue weighted by Crippen LogP contribution is 2.24. The molecular weight excluding hydrogens is 294 g/mol. The third-order valence-electron chi connectivity index (χ3n) is 3.48. The van der Waals surface area contributed by atoms with Gasteiger partial charge in [0.15, 0.2) is 0 Å². The Kier molecular flexibility index (Phi) is 6.11. The van der Waals surface area contributed by atoms with Crippen LogP contribution < -0.4 is 24.3 Å². The van der Waals surface area contributed by atoms with E-state index in [0.717, 1.165) is 34.1 Å². The number of nitrogens with one attached hydrogen (secondary N) is 1. The molecule has 0 aliphatic heterocycles. The second-order valence-corrected chi connectivity index (χ2v) is 5.05. The second kappa shape index (κ2) is 8.29. The highest BCUT2D eigenvalue weighted by molar-refractivity contribution is 5.39. The van der Waals surface area contributed by atoms with E-state index in [4.69, 9.17) is 18.9 Å². The molecule has 0 radical (unpaired) electrons. The fourth-order valence-electron chi connectivity index (χ4n) is 2.29. The van der Waals surface area contributed by atoms with Crippen molar-refractivity contribution < 1.29 is 18.9 Å². The Morgan fingerprint density at radius 2 is 0.870 bits per heavy atom. The summed E-state index contributed by atoms with van der Waals surface area (Å²) in [6.07, 6.45) is 0. The SMILES string of the molecule is COc1cc(CNCc2cc(OC)cc(OC)c2)cc(OC)c1. The van der Waals surface area contributed by atoms with Crippen molar-refractivity contribution in [1.82, 2.24) is 5.32 Å². The molecule has 5 nitrogen and oxygen atoms in total. The van der Waals surface area contributed by atoms with Gasteiger partial charge in [0.2, 0.25) is 0 Å². The van der Waals surface area contributed by atoms with Crippen LogP contribution >= 0.6 is 0 Å². The van der Waals surface area contributed by atoms with Crippen molar-refractivity contribution in [3.8, 4) is 23.0 Å². The van der Waals surface area contributed by atoms with Crippen LogP contribution in [0.2, 0.25) is 0 Å². The summed E-state index contributed by atoms with van der Waals surface area (Å²) in [6.45, 7) is 1.40. The number of methoxy groups -OCH3 is 4. The molecule has 1 N–H and O–H groups in total. The fraction of sp³-hybridized carbons (Fsp3) is 0.333. The molecular formula is C18H23NO4. The van der Waals surface area contributed by atoms with Crippen LogP contribution in [0.15, 0.2) is 36.4 Å². The van der Waals surface area contributed by atoms with E-state index in [-0.39, 0.29) is 0 Å². The van der Waals surface area contributed by atoms with Crippen molar-refractivity contribution in [3.05, 3.63) is 47.5 Å². The molecule has 0 aliphatic rings. The lowest BCUT2D eigenvalue weighted by Gasteiger charge is -2.11. The Morgan fingerprint density at radius 1 is 0.565 bits per heavy atom. The van der Waals surface area contributed by atoms with E-state index in [2.05, 4.69) is 5.32 Å². The maximum absolute atomic E-state index is 5.28. The number of ether oxygens (including phenoxy) is 4. The summed E-state index contributed by atoms with van der Waals surface area (Å²) in [5.74, 6) is 3.13. The molecule has 124 valence electrons. The molecule has 0 unspecified atom stereocenters. The van der Waals surface area contributed by atoms with E-state index >= 15 is 0 Å². The molecule has 0 fully saturated rings. The third kappa shape index (κ3) is 4.79. The van der Waals surface area contributed by atoms with E-state index in [1.54, 1.807) is 28.4 Å². The zero-order valence-electron chi connectivity index (χ0n) is 14.0. The first-order chi connectivity index (χ1) is 11.2. The minimum atomic E-state index is 0.701. The summed E-state index contributed by atoms with van der Waals surface area (Å²) >= 11 is 0. The highest BCUT2D eigenvalue weighted by Gasteiger charge is 2.04. The molecule has 23 heavy (non-hydrogen) atoms. The monoisotopic (exact) mass is 317 g/mol. The zero-order valence-corrected chi connectivity index (χ0v) is 14.0. The van der Waals surface area contributed by atoms with Gasteiger partial charge in [-0.25, -0.2) is 0 Å². The molecule has 0 heterocycles. The quantitative estimate of drug-likeness (QED) is 0.811. The first-order valence-corrected chi connectivity index (χ1v) is 7.33. The van der Waals surface area contributed by atoms with Gasteiger partial charge in [0.25, 0.3) is 0 Å². The first-order valence-electron chi connectivity index (χ1n) is 7.33. The normalized spacial score (nSPS) is 10.3. The van der Waals surface area contributed by atoms with Gasteiger partial charge in [-0.05, 0) is 35.4 Å². The van der Waals surface area contributed by atoms with Gasteiger partial charge < -0.3 is 24.3 Å². The van der Waals surface area contributed by atoms with Gasteiger partial charge in [-0.2, -0.15) is 0 Å². The molecule has 2 rings (SSSR count). The smallest absolute Gasteiger partial charge is 0.122 e. The maximum atomic E-state index is 5.28. The Labute approximate surface area is 137 Å². The highest BCUT2D eigenvalue weighted by atomic mass is 16.5. The number of hydrogen-bond donors (Lipinski definition) is 1. The predicted molar refractivity (Wildman–Crippen MR) is 89.6 cm³/mol. The van der Waals surface area contributed by atoms with Crippen molar-refractivity contribution >= 4 is 0 Å². The molecule has 5 heteroatoms. The van der Waals surface area contributed by atoms with Gasteiger partial charge in [0.1, 0.15) is 23.0 Å². The van der Waals surface area contributed by atoms with Crippen molar-refractivity contribution in [1.29, 1.82) is 0 Å². The Balaban J connectivity index is 2.02. The van der Waals surface area contributed by atoms with Gasteiger partial charge in [0.05, 0.1) is 28.4 Å². The lowest BCUT2D eigenvalue weighted by molar-refractivity contribution is 0.392. The van der Waals surface area contributed by atoms with E-state index < -0.39 is 0 Å². The largest absolute Gasteiger partial charge is 0.497 e. The predicted octanol–water partition coefficient (Wildman–Crippen LogP) is 3.01. The number of rotatable bonds is 8. The summed E-state index contributed by atoms with van der Waals surface area (Å²) in [5, 5.41) is 3.40. The summed E-state index contributed by atoms with van der Waals surface area (Å²) in [7, 11) is 6.59. The van der Waals surface area contributed by atoms with Gasteiger partial charge in [-0.1, -0.05) is 0 Å². The van der Waals surface area contributed by atoms with Gasteiger partial charge in [0, 0.05) is 25.2 Å². The van der Waals surface area contributed by atoms with Crippen molar-refractivity contribution in [3.63, 3.8) is 0 Å². The minimum Gasteiger partial charge on any atom is -0.497 e. The molecule has 2 aromatic rings. The van der Waals surface area contributed by atoms with Gasteiger partial charge >= 0.3 is 0 Å². The minimum absolute atomic E-state index is 0.701. The van der Waals surface area contributed by atoms with Crippen LogP contribution in [0.4, 0.5) is 0 Å². The summed E-state index contributed by atoms with van der Waals surface area (Å²) < 4.78 is 21.1. The van der Waals surface area contributed by atoms with E-state index in [0.29, 0.717) is 13.1 Å². The lowest BCUT2D eigenvalue weighted by atomic mass is 10.1. The van der Waals surface area contributed by atoms with Crippen molar-refractivity contribution in [2.24, 2.45) is 0 Å². The molecule has 0 atom stereocenters. The Morgan fingerprint density at radius 3 is 1.13 bits per heavy atom. The van der Waals surface area contributed by atoms with Gasteiger partial charge in [-0.15, -0.1) is 0 Å². The number of hydrogen-bond acceptors (Lipinski definition) is 5. The van der Waals surface area contributed by atoms with E-state index in [1.807, 2.05) is 36.4 Å². The van der Waals surface area contributed by atoms with Crippen LogP contribution in [0.1, 0.15) is 11.1 Å². The molecule has 0 amide bonds. The van der Waals surface area contributed by atoms with Gasteiger partial charge in [-0.3, -0.25) is 0 Å². The topological polar surface area (TPSA) is 49.0 Å². The van der Waals surface area contributed by atoms with Crippen molar-refractivity contribution in [2.45, 2.75) is 13.1 Å². The fourth-order valence-corrected chi connectivity index (χ4v) is 2.29. The van der Waals surface area contributed by atoms with Crippen LogP contribution in [0.3, 0.4) is 0 Å². The summed E-state index contributed by atoms with van der Waals surface area (Å²) in [4.78, 5) is 0. The van der Waals surface area contributed by atoms with E-state index in [9.17, 15) is 0 Å². The first kappa shape index (κ1) is 17.0. The van der Waals surface area contributed by atoms with Crippen molar-refractivity contribution in [2.75, 3.05) is 28.4 Å². The zero-order chi connectivity index (χ0) is 16.7. The maximum Gasteiger partial charge on any atom is 0.122 e. The van der Waals surface area contributed by atoms with E-state index in [1.165, 1.54) is 0 Å². The average Bonchev–Trinajstić information content (AvgIpc) is 2.60. The lowest BCUT2D eigenvalue weighted by Crippen LogP contribution is -2.13. The molecule has 0 aliphatic carbocycles. The summed E-state index contributed by atoms with van der Waals surface area (Å²) in [6, 6.07) is 11.7. The van der Waals surface area contributed by atoms with Crippen LogP contribution in [-0.4, -0.2) is 28.4 Å². The van der Waals surface area contributed by atoms with Crippen LogP contribution in [0, 0.1) is 0 Å². The Bertz CT molecular complexity index is 543. The van der Waals surface area contributed by atoms with Crippen LogP contribution in [-0.2, 0) is 13.1 Å². The third-order valence-corrected chi connectivity index (χ3v) is 3.48. The molecule has 0 saturated carbocycles. The Hall–Kier alpha value is -2.40. The van der Waals surface area contributed by atoms with Crippen LogP contribution in [0.5, 0.6) is 23.0 Å². The molecule has 0 bridgehead atoms. The molecule has 0 aromatic heterocycles. The number of benzene rings is 2. The second-order valence-electron chi connectivity index (χ2n) is 5.05. The average molecular weight is 317 g/mol.